The van der Waals surface area contributed by atoms with Crippen LogP contribution in [-0.2, 0) is 0 Å². The van der Waals surface area contributed by atoms with Gasteiger partial charge in [-0.2, -0.15) is 11.8 Å². The third-order valence-electron chi connectivity index (χ3n) is 0.696. The van der Waals surface area contributed by atoms with Gasteiger partial charge in [0.1, 0.15) is 0 Å². The van der Waals surface area contributed by atoms with Gasteiger partial charge in [0, 0.05) is 11.1 Å². The molecule has 50 valence electrons. The summed E-state index contributed by atoms with van der Waals surface area (Å²) in [4.78, 5) is 0. The van der Waals surface area contributed by atoms with Gasteiger partial charge >= 0.3 is 0 Å². The van der Waals surface area contributed by atoms with Gasteiger partial charge in [0.15, 0.2) is 0 Å². The van der Waals surface area contributed by atoms with Gasteiger partial charge in [-0.1, -0.05) is 6.92 Å². The van der Waals surface area contributed by atoms with Crippen molar-refractivity contribution < 1.29 is 0 Å². The fraction of sp³-hybridized carbons (Fsp3) is 1.00. The van der Waals surface area contributed by atoms with E-state index in [4.69, 9.17) is 11.6 Å². The summed E-state index contributed by atoms with van der Waals surface area (Å²) < 4.78 is 0. The maximum Gasteiger partial charge on any atom is 0.0398 e. The quantitative estimate of drug-likeness (QED) is 0.441. The molecule has 0 N–H and O–H groups in total. The maximum absolute atomic E-state index is 5.69. The highest BCUT2D eigenvalue weighted by atomic mass is 35.5. The van der Waals surface area contributed by atoms with Gasteiger partial charge < -0.3 is 0 Å². The molecule has 0 fully saturated rings. The molecule has 0 nitrogen and oxygen atoms in total. The number of rotatable bonds is 4. The van der Waals surface area contributed by atoms with Crippen LogP contribution in [0.1, 0.15) is 20.3 Å². The van der Waals surface area contributed by atoms with Crippen LogP contribution in [0.15, 0.2) is 0 Å². The summed E-state index contributed by atoms with van der Waals surface area (Å²) in [5, 5.41) is 0.339. The fourth-order valence-electron chi connectivity index (χ4n) is 0.390. The van der Waals surface area contributed by atoms with Crippen molar-refractivity contribution >= 4 is 23.4 Å². The molecular formula is C6H13ClS. The zero-order valence-corrected chi connectivity index (χ0v) is 7.06. The van der Waals surface area contributed by atoms with Crippen molar-refractivity contribution in [3.8, 4) is 0 Å². The predicted octanol–water partition coefficient (Wildman–Crippen LogP) is 2.76. The first-order chi connectivity index (χ1) is 3.77. The Labute approximate surface area is 61.0 Å². The molecule has 0 aromatic rings. The van der Waals surface area contributed by atoms with Crippen molar-refractivity contribution in [3.05, 3.63) is 0 Å². The minimum Gasteiger partial charge on any atom is -0.160 e. The monoisotopic (exact) mass is 152 g/mol. The Balaban J connectivity index is 2.72. The Morgan fingerprint density at radius 3 is 2.62 bits per heavy atom. The lowest BCUT2D eigenvalue weighted by Gasteiger charge is -1.98. The summed E-state index contributed by atoms with van der Waals surface area (Å²) in [5.74, 6) is 2.34. The Morgan fingerprint density at radius 2 is 2.25 bits per heavy atom. The van der Waals surface area contributed by atoms with Gasteiger partial charge in [-0.3, -0.25) is 0 Å². The molecule has 0 saturated heterocycles. The highest BCUT2D eigenvalue weighted by Crippen LogP contribution is 2.07. The maximum atomic E-state index is 5.69. The standard InChI is InChI=1S/C6H13ClS/c1-3-4-8-5-6(2)7/h6H,3-5H2,1-2H3. The van der Waals surface area contributed by atoms with E-state index in [1.54, 1.807) is 0 Å². The molecule has 1 atom stereocenters. The number of hydrogen-bond donors (Lipinski definition) is 0. The van der Waals surface area contributed by atoms with Gasteiger partial charge in [-0.15, -0.1) is 11.6 Å². The molecule has 0 aliphatic carbocycles. The Kier molecular flexibility index (Phi) is 6.23. The molecule has 0 radical (unpaired) electrons. The van der Waals surface area contributed by atoms with Crippen LogP contribution in [0.4, 0.5) is 0 Å². The second kappa shape index (κ2) is 5.77. The van der Waals surface area contributed by atoms with Gasteiger partial charge in [-0.05, 0) is 19.1 Å². The van der Waals surface area contributed by atoms with Crippen LogP contribution in [0.2, 0.25) is 0 Å². The van der Waals surface area contributed by atoms with E-state index < -0.39 is 0 Å². The molecule has 0 aromatic carbocycles. The molecule has 0 heterocycles. The first kappa shape index (κ1) is 8.64. The van der Waals surface area contributed by atoms with Crippen LogP contribution in [-0.4, -0.2) is 16.9 Å². The van der Waals surface area contributed by atoms with Gasteiger partial charge in [0.25, 0.3) is 0 Å². The van der Waals surface area contributed by atoms with Gasteiger partial charge in [0.05, 0.1) is 0 Å². The summed E-state index contributed by atoms with van der Waals surface area (Å²) in [5.41, 5.74) is 0. The Hall–Kier alpha value is 0.640. The van der Waals surface area contributed by atoms with Crippen LogP contribution in [0.3, 0.4) is 0 Å². The average molecular weight is 153 g/mol. The molecule has 0 amide bonds. The van der Waals surface area contributed by atoms with Gasteiger partial charge in [-0.25, -0.2) is 0 Å². The average Bonchev–Trinajstić information content (AvgIpc) is 1.66. The lowest BCUT2D eigenvalue weighted by molar-refractivity contribution is 1.08. The molecule has 0 aromatic heterocycles. The molecule has 0 aliphatic rings. The third-order valence-corrected chi connectivity index (χ3v) is 2.47. The lowest BCUT2D eigenvalue weighted by atomic mass is 10.6. The smallest absolute Gasteiger partial charge is 0.0398 e. The minimum atomic E-state index is 0.339. The van der Waals surface area contributed by atoms with Crippen LogP contribution < -0.4 is 0 Å². The largest absolute Gasteiger partial charge is 0.160 e. The fourth-order valence-corrected chi connectivity index (χ4v) is 1.44. The first-order valence-electron chi connectivity index (χ1n) is 2.99. The number of halogens is 1. The normalized spacial score (nSPS) is 13.9. The molecule has 2 heteroatoms. The Morgan fingerprint density at radius 1 is 1.62 bits per heavy atom. The van der Waals surface area contributed by atoms with E-state index in [2.05, 4.69) is 6.92 Å². The molecule has 1 unspecified atom stereocenters. The third kappa shape index (κ3) is 6.64. The van der Waals surface area contributed by atoms with E-state index in [1.165, 1.54) is 12.2 Å². The van der Waals surface area contributed by atoms with E-state index in [-0.39, 0.29) is 0 Å². The van der Waals surface area contributed by atoms with E-state index >= 15 is 0 Å². The molecule has 0 aliphatic heterocycles. The molecule has 0 rings (SSSR count). The van der Waals surface area contributed by atoms with Gasteiger partial charge in [0.2, 0.25) is 0 Å². The van der Waals surface area contributed by atoms with Crippen molar-refractivity contribution in [2.75, 3.05) is 11.5 Å². The summed E-state index contributed by atoms with van der Waals surface area (Å²) in [6.07, 6.45) is 1.26. The van der Waals surface area contributed by atoms with E-state index in [1.807, 2.05) is 18.7 Å². The van der Waals surface area contributed by atoms with Crippen LogP contribution in [0.25, 0.3) is 0 Å². The lowest BCUT2D eigenvalue weighted by Crippen LogP contribution is -1.94. The molecular weight excluding hydrogens is 140 g/mol. The van der Waals surface area contributed by atoms with Crippen LogP contribution in [0, 0.1) is 0 Å². The molecule has 0 saturated carbocycles. The SMILES string of the molecule is CCCSCC(C)Cl. The van der Waals surface area contributed by atoms with Crippen LogP contribution >= 0.6 is 23.4 Å². The minimum absolute atomic E-state index is 0.339. The van der Waals surface area contributed by atoms with Crippen molar-refractivity contribution in [2.45, 2.75) is 25.6 Å². The highest BCUT2D eigenvalue weighted by Gasteiger charge is 1.93. The number of alkyl halides is 1. The molecule has 0 spiro atoms. The van der Waals surface area contributed by atoms with E-state index in [0.717, 1.165) is 5.75 Å². The zero-order valence-electron chi connectivity index (χ0n) is 5.48. The summed E-state index contributed by atoms with van der Waals surface area (Å²) >= 11 is 7.62. The number of hydrogen-bond acceptors (Lipinski definition) is 1. The first-order valence-corrected chi connectivity index (χ1v) is 4.58. The predicted molar refractivity (Wildman–Crippen MR) is 42.9 cm³/mol. The number of thioether (sulfide) groups is 1. The van der Waals surface area contributed by atoms with E-state index in [9.17, 15) is 0 Å². The molecule has 0 bridgehead atoms. The zero-order chi connectivity index (χ0) is 6.41. The highest BCUT2D eigenvalue weighted by molar-refractivity contribution is 7.99. The summed E-state index contributed by atoms with van der Waals surface area (Å²) in [7, 11) is 0. The summed E-state index contributed by atoms with van der Waals surface area (Å²) in [6.45, 7) is 4.22. The molecule has 8 heavy (non-hydrogen) atoms. The van der Waals surface area contributed by atoms with Crippen molar-refractivity contribution in [2.24, 2.45) is 0 Å². The van der Waals surface area contributed by atoms with Crippen molar-refractivity contribution in [3.63, 3.8) is 0 Å². The summed E-state index contributed by atoms with van der Waals surface area (Å²) in [6, 6.07) is 0. The second-order valence-corrected chi connectivity index (χ2v) is 3.75. The Bertz CT molecular complexity index is 45.8. The topological polar surface area (TPSA) is 0 Å². The van der Waals surface area contributed by atoms with Crippen LogP contribution in [0.5, 0.6) is 0 Å². The van der Waals surface area contributed by atoms with Crippen molar-refractivity contribution in [1.29, 1.82) is 0 Å². The van der Waals surface area contributed by atoms with E-state index in [0.29, 0.717) is 5.38 Å². The van der Waals surface area contributed by atoms with Crippen molar-refractivity contribution in [1.82, 2.24) is 0 Å². The second-order valence-electron chi connectivity index (χ2n) is 1.86.